The minimum Gasteiger partial charge on any atom is -0.379 e. The highest BCUT2D eigenvalue weighted by Gasteiger charge is 2.36. The molecule has 1 saturated heterocycles. The first kappa shape index (κ1) is 16.0. The number of benzene rings is 1. The van der Waals surface area contributed by atoms with Crippen molar-refractivity contribution in [3.8, 4) is 0 Å². The molecule has 0 radical (unpaired) electrons. The summed E-state index contributed by atoms with van der Waals surface area (Å²) in [7, 11) is 1.88. The largest absolute Gasteiger partial charge is 0.379 e. The molecule has 1 aromatic carbocycles. The summed E-state index contributed by atoms with van der Waals surface area (Å²) in [5.41, 5.74) is 1.16. The summed E-state index contributed by atoms with van der Waals surface area (Å²) in [4.78, 5) is 14.6. The number of nitrogens with zero attached hydrogens (tertiary/aromatic N) is 1. The Labute approximate surface area is 127 Å². The minimum atomic E-state index is -0.0762. The molecule has 0 saturated carbocycles. The molecule has 1 aromatic rings. The van der Waals surface area contributed by atoms with E-state index >= 15 is 0 Å². The van der Waals surface area contributed by atoms with Gasteiger partial charge in [-0.3, -0.25) is 4.79 Å². The van der Waals surface area contributed by atoms with Gasteiger partial charge in [0.15, 0.2) is 0 Å². The molecule has 1 aliphatic rings. The summed E-state index contributed by atoms with van der Waals surface area (Å²) in [6.45, 7) is 6.27. The third kappa shape index (κ3) is 3.83. The zero-order chi connectivity index (χ0) is 15.2. The van der Waals surface area contributed by atoms with Crippen LogP contribution in [-0.2, 0) is 9.53 Å². The van der Waals surface area contributed by atoms with Crippen molar-refractivity contribution in [3.05, 3.63) is 35.9 Å². The molecule has 4 nitrogen and oxygen atoms in total. The monoisotopic (exact) mass is 290 g/mol. The molecule has 0 spiro atoms. The van der Waals surface area contributed by atoms with E-state index in [1.54, 1.807) is 0 Å². The van der Waals surface area contributed by atoms with Crippen LogP contribution in [0.25, 0.3) is 0 Å². The van der Waals surface area contributed by atoms with Gasteiger partial charge in [-0.05, 0) is 25.5 Å². The lowest BCUT2D eigenvalue weighted by Gasteiger charge is -2.29. The van der Waals surface area contributed by atoms with E-state index in [2.05, 4.69) is 31.3 Å². The number of amides is 1. The topological polar surface area (TPSA) is 41.6 Å². The van der Waals surface area contributed by atoms with Gasteiger partial charge in [0.1, 0.15) is 0 Å². The van der Waals surface area contributed by atoms with Crippen LogP contribution in [-0.4, -0.2) is 43.7 Å². The van der Waals surface area contributed by atoms with Gasteiger partial charge >= 0.3 is 0 Å². The normalized spacial score (nSPS) is 23.0. The Morgan fingerprint density at radius 2 is 2.10 bits per heavy atom. The van der Waals surface area contributed by atoms with E-state index in [-0.39, 0.29) is 23.9 Å². The lowest BCUT2D eigenvalue weighted by atomic mass is 9.99. The first-order valence-corrected chi connectivity index (χ1v) is 7.78. The summed E-state index contributed by atoms with van der Waals surface area (Å²) >= 11 is 0. The lowest BCUT2D eigenvalue weighted by Crippen LogP contribution is -2.45. The highest BCUT2D eigenvalue weighted by molar-refractivity contribution is 5.80. The Balaban J connectivity index is 2.01. The van der Waals surface area contributed by atoms with Crippen molar-refractivity contribution in [2.24, 2.45) is 5.92 Å². The summed E-state index contributed by atoms with van der Waals surface area (Å²) in [6.07, 6.45) is 1.06. The fourth-order valence-electron chi connectivity index (χ4n) is 2.74. The standard InChI is InChI=1S/C17H26N2O2/c1-4-10-18-16-12-21-11-15(16)17(20)19(3)13(2)14-8-6-5-7-9-14/h5-9,13,15-16,18H,4,10-12H2,1-3H3. The van der Waals surface area contributed by atoms with E-state index in [4.69, 9.17) is 4.74 Å². The maximum atomic E-state index is 12.7. The second-order valence-electron chi connectivity index (χ2n) is 5.74. The Bertz CT molecular complexity index is 449. The van der Waals surface area contributed by atoms with Crippen molar-refractivity contribution in [2.45, 2.75) is 32.4 Å². The third-order valence-corrected chi connectivity index (χ3v) is 4.26. The van der Waals surface area contributed by atoms with Crippen molar-refractivity contribution in [2.75, 3.05) is 26.8 Å². The molecule has 0 bridgehead atoms. The van der Waals surface area contributed by atoms with E-state index in [0.717, 1.165) is 18.5 Å². The average Bonchev–Trinajstić information content (AvgIpc) is 3.00. The van der Waals surface area contributed by atoms with Crippen LogP contribution in [0.1, 0.15) is 31.9 Å². The van der Waals surface area contributed by atoms with Crippen molar-refractivity contribution in [1.29, 1.82) is 0 Å². The van der Waals surface area contributed by atoms with Gasteiger partial charge in [0, 0.05) is 13.1 Å². The van der Waals surface area contributed by atoms with Crippen LogP contribution in [0.15, 0.2) is 30.3 Å². The van der Waals surface area contributed by atoms with Gasteiger partial charge in [-0.1, -0.05) is 37.3 Å². The van der Waals surface area contributed by atoms with Gasteiger partial charge in [0.05, 0.1) is 25.2 Å². The smallest absolute Gasteiger partial charge is 0.229 e. The van der Waals surface area contributed by atoms with E-state index in [0.29, 0.717) is 13.2 Å². The number of ether oxygens (including phenoxy) is 1. The molecule has 3 atom stereocenters. The molecule has 21 heavy (non-hydrogen) atoms. The van der Waals surface area contributed by atoms with Gasteiger partial charge in [0.2, 0.25) is 5.91 Å². The summed E-state index contributed by atoms with van der Waals surface area (Å²) < 4.78 is 5.51. The fourth-order valence-corrected chi connectivity index (χ4v) is 2.74. The minimum absolute atomic E-state index is 0.0751. The van der Waals surface area contributed by atoms with E-state index in [9.17, 15) is 4.79 Å². The lowest BCUT2D eigenvalue weighted by molar-refractivity contribution is -0.136. The van der Waals surface area contributed by atoms with Crippen LogP contribution >= 0.6 is 0 Å². The molecule has 116 valence electrons. The Morgan fingerprint density at radius 1 is 1.38 bits per heavy atom. The van der Waals surface area contributed by atoms with E-state index < -0.39 is 0 Å². The summed E-state index contributed by atoms with van der Waals surface area (Å²) in [5, 5.41) is 3.42. The van der Waals surface area contributed by atoms with E-state index in [1.165, 1.54) is 0 Å². The number of hydrogen-bond donors (Lipinski definition) is 1. The Kier molecular flexibility index (Phi) is 5.76. The molecular formula is C17H26N2O2. The van der Waals surface area contributed by atoms with Gasteiger partial charge in [-0.2, -0.15) is 0 Å². The molecular weight excluding hydrogens is 264 g/mol. The van der Waals surface area contributed by atoms with Crippen LogP contribution < -0.4 is 5.32 Å². The van der Waals surface area contributed by atoms with Crippen molar-refractivity contribution < 1.29 is 9.53 Å². The van der Waals surface area contributed by atoms with Gasteiger partial charge in [-0.15, -0.1) is 0 Å². The van der Waals surface area contributed by atoms with Crippen LogP contribution in [0.4, 0.5) is 0 Å². The van der Waals surface area contributed by atoms with Crippen molar-refractivity contribution >= 4 is 5.91 Å². The van der Waals surface area contributed by atoms with Crippen LogP contribution in [0.3, 0.4) is 0 Å². The average molecular weight is 290 g/mol. The zero-order valence-corrected chi connectivity index (χ0v) is 13.2. The molecule has 3 unspecified atom stereocenters. The predicted octanol–water partition coefficient (Wildman–Crippen LogP) is 2.22. The highest BCUT2D eigenvalue weighted by atomic mass is 16.5. The molecule has 1 fully saturated rings. The molecule has 1 heterocycles. The van der Waals surface area contributed by atoms with Gasteiger partial charge in [0.25, 0.3) is 0 Å². The maximum Gasteiger partial charge on any atom is 0.229 e. The summed E-state index contributed by atoms with van der Waals surface area (Å²) in [5.74, 6) is 0.0881. The van der Waals surface area contributed by atoms with Gasteiger partial charge < -0.3 is 15.0 Å². The highest BCUT2D eigenvalue weighted by Crippen LogP contribution is 2.23. The molecule has 1 amide bonds. The van der Waals surface area contributed by atoms with E-state index in [1.807, 2.05) is 30.1 Å². The first-order chi connectivity index (χ1) is 10.1. The first-order valence-electron chi connectivity index (χ1n) is 7.78. The molecule has 0 aromatic heterocycles. The Hall–Kier alpha value is -1.39. The number of nitrogens with one attached hydrogen (secondary N) is 1. The molecule has 4 heteroatoms. The maximum absolute atomic E-state index is 12.7. The third-order valence-electron chi connectivity index (χ3n) is 4.26. The second kappa shape index (κ2) is 7.57. The predicted molar refractivity (Wildman–Crippen MR) is 84.0 cm³/mol. The van der Waals surface area contributed by atoms with Crippen molar-refractivity contribution in [1.82, 2.24) is 10.2 Å². The second-order valence-corrected chi connectivity index (χ2v) is 5.74. The van der Waals surface area contributed by atoms with Gasteiger partial charge in [-0.25, -0.2) is 0 Å². The number of carbonyl (C=O) groups excluding carboxylic acids is 1. The Morgan fingerprint density at radius 3 is 2.76 bits per heavy atom. The van der Waals surface area contributed by atoms with Crippen molar-refractivity contribution in [3.63, 3.8) is 0 Å². The SMILES string of the molecule is CCCNC1COCC1C(=O)N(C)C(C)c1ccccc1. The molecule has 2 rings (SSSR count). The fraction of sp³-hybridized carbons (Fsp3) is 0.588. The molecule has 1 N–H and O–H groups in total. The molecule has 0 aliphatic carbocycles. The number of carbonyl (C=O) groups is 1. The summed E-state index contributed by atoms with van der Waals surface area (Å²) in [6, 6.07) is 10.4. The van der Waals surface area contributed by atoms with Crippen LogP contribution in [0.5, 0.6) is 0 Å². The van der Waals surface area contributed by atoms with Crippen LogP contribution in [0, 0.1) is 5.92 Å². The number of hydrogen-bond acceptors (Lipinski definition) is 3. The van der Waals surface area contributed by atoms with Crippen LogP contribution in [0.2, 0.25) is 0 Å². The quantitative estimate of drug-likeness (QED) is 0.873. The number of rotatable bonds is 6. The zero-order valence-electron chi connectivity index (χ0n) is 13.2. The molecule has 1 aliphatic heterocycles.